The lowest BCUT2D eigenvalue weighted by atomic mass is 10.1. The number of hydrogen-bond acceptors (Lipinski definition) is 5. The van der Waals surface area contributed by atoms with Gasteiger partial charge in [-0.25, -0.2) is 21.2 Å². The third kappa shape index (κ3) is 4.11. The van der Waals surface area contributed by atoms with Gasteiger partial charge in [-0.15, -0.1) is 0 Å². The maximum atomic E-state index is 14.2. The number of rotatable bonds is 7. The summed E-state index contributed by atoms with van der Waals surface area (Å²) in [6.45, 7) is -1.29. The van der Waals surface area contributed by atoms with Crippen molar-refractivity contribution in [3.8, 4) is 6.07 Å². The molecule has 30 heavy (non-hydrogen) atoms. The lowest BCUT2D eigenvalue weighted by molar-refractivity contribution is 0.339. The molecule has 0 saturated heterocycles. The van der Waals surface area contributed by atoms with Crippen LogP contribution >= 0.6 is 0 Å². The van der Waals surface area contributed by atoms with Crippen LogP contribution in [0.1, 0.15) is 17.2 Å². The van der Waals surface area contributed by atoms with Crippen LogP contribution in [0.5, 0.6) is 0 Å². The molecule has 0 bridgehead atoms. The second kappa shape index (κ2) is 8.75. The van der Waals surface area contributed by atoms with E-state index in [2.05, 4.69) is 0 Å². The molecule has 0 radical (unpaired) electrons. The fourth-order valence-electron chi connectivity index (χ4n) is 2.90. The maximum absolute atomic E-state index is 14.2. The molecule has 3 aromatic rings. The molecule has 154 valence electrons. The molecule has 1 unspecified atom stereocenters. The largest absolute Gasteiger partial charge is 0.257 e. The lowest BCUT2D eigenvalue weighted by Crippen LogP contribution is -2.40. The Morgan fingerprint density at radius 2 is 1.20 bits per heavy atom. The van der Waals surface area contributed by atoms with Gasteiger partial charge in [0.1, 0.15) is 6.67 Å². The van der Waals surface area contributed by atoms with Crippen LogP contribution in [-0.4, -0.2) is 27.2 Å². The number of alkyl halides is 1. The Bertz CT molecular complexity index is 1190. The molecule has 3 rings (SSSR count). The van der Waals surface area contributed by atoms with Crippen molar-refractivity contribution in [3.05, 3.63) is 96.1 Å². The highest BCUT2D eigenvalue weighted by Crippen LogP contribution is 2.34. The summed E-state index contributed by atoms with van der Waals surface area (Å²) < 4.78 is 68.0. The van der Waals surface area contributed by atoms with Crippen LogP contribution in [0, 0.1) is 11.3 Å². The van der Waals surface area contributed by atoms with Gasteiger partial charge in [0.15, 0.2) is 0 Å². The van der Waals surface area contributed by atoms with E-state index in [0.717, 1.165) is 0 Å². The SMILES string of the molecule is N#Cc1ccc(C(CF)N(S(=O)(=O)c2ccccc2)S(=O)(=O)c2ccccc2)cc1. The van der Waals surface area contributed by atoms with E-state index in [1.807, 2.05) is 6.07 Å². The third-order valence-electron chi connectivity index (χ3n) is 4.38. The molecule has 0 aliphatic carbocycles. The average molecular weight is 445 g/mol. The van der Waals surface area contributed by atoms with E-state index >= 15 is 0 Å². The Morgan fingerprint density at radius 3 is 1.57 bits per heavy atom. The molecule has 0 spiro atoms. The highest BCUT2D eigenvalue weighted by molar-refractivity contribution is 8.04. The van der Waals surface area contributed by atoms with Gasteiger partial charge < -0.3 is 0 Å². The Balaban J connectivity index is 2.25. The number of hydrogen-bond donors (Lipinski definition) is 0. The fourth-order valence-corrected chi connectivity index (χ4v) is 6.90. The van der Waals surface area contributed by atoms with E-state index in [1.165, 1.54) is 72.8 Å². The monoisotopic (exact) mass is 444 g/mol. The molecule has 0 aromatic heterocycles. The molecular weight excluding hydrogens is 427 g/mol. The fraction of sp³-hybridized carbons (Fsp3) is 0.0952. The van der Waals surface area contributed by atoms with Gasteiger partial charge in [0.25, 0.3) is 20.0 Å². The van der Waals surface area contributed by atoms with Crippen molar-refractivity contribution >= 4 is 20.0 Å². The molecule has 0 aliphatic rings. The molecule has 9 heteroatoms. The molecule has 1 atom stereocenters. The normalized spacial score (nSPS) is 13.0. The van der Waals surface area contributed by atoms with Crippen molar-refractivity contribution in [2.24, 2.45) is 0 Å². The van der Waals surface area contributed by atoms with Crippen LogP contribution < -0.4 is 0 Å². The van der Waals surface area contributed by atoms with Crippen molar-refractivity contribution in [2.75, 3.05) is 6.67 Å². The number of benzene rings is 3. The predicted molar refractivity (Wildman–Crippen MR) is 109 cm³/mol. The minimum absolute atomic E-state index is 0.107. The molecule has 0 fully saturated rings. The Morgan fingerprint density at radius 1 is 0.767 bits per heavy atom. The Labute approximate surface area is 174 Å². The van der Waals surface area contributed by atoms with E-state index < -0.39 is 32.8 Å². The molecule has 0 heterocycles. The number of nitrogens with zero attached hydrogens (tertiary/aromatic N) is 2. The van der Waals surface area contributed by atoms with Crippen LogP contribution in [0.15, 0.2) is 94.7 Å². The summed E-state index contributed by atoms with van der Waals surface area (Å²) in [5.74, 6) is 0. The van der Waals surface area contributed by atoms with E-state index in [4.69, 9.17) is 5.26 Å². The summed E-state index contributed by atoms with van der Waals surface area (Å²) in [5.41, 5.74) is 0.384. The van der Waals surface area contributed by atoms with Crippen LogP contribution in [0.25, 0.3) is 0 Å². The first-order valence-electron chi connectivity index (χ1n) is 8.78. The van der Waals surface area contributed by atoms with Gasteiger partial charge in [-0.2, -0.15) is 5.26 Å². The van der Waals surface area contributed by atoms with Crippen molar-refractivity contribution in [3.63, 3.8) is 0 Å². The average Bonchev–Trinajstić information content (AvgIpc) is 2.78. The maximum Gasteiger partial charge on any atom is 0.257 e. The van der Waals surface area contributed by atoms with Gasteiger partial charge in [-0.3, -0.25) is 0 Å². The first kappa shape index (κ1) is 21.6. The van der Waals surface area contributed by atoms with Gasteiger partial charge in [0, 0.05) is 0 Å². The summed E-state index contributed by atoms with van der Waals surface area (Å²) in [5, 5.41) is 8.96. The lowest BCUT2D eigenvalue weighted by Gasteiger charge is -2.29. The van der Waals surface area contributed by atoms with E-state index in [1.54, 1.807) is 12.1 Å². The van der Waals surface area contributed by atoms with E-state index in [0.29, 0.717) is 0 Å². The zero-order chi connectivity index (χ0) is 21.8. The quantitative estimate of drug-likeness (QED) is 0.554. The first-order valence-corrected chi connectivity index (χ1v) is 11.7. The van der Waals surface area contributed by atoms with Crippen molar-refractivity contribution in [1.29, 1.82) is 5.26 Å². The topological polar surface area (TPSA) is 95.3 Å². The van der Waals surface area contributed by atoms with Crippen LogP contribution in [0.3, 0.4) is 0 Å². The van der Waals surface area contributed by atoms with Gasteiger partial charge in [0.2, 0.25) is 0 Å². The summed E-state index contributed by atoms with van der Waals surface area (Å²) in [7, 11) is -9.28. The van der Waals surface area contributed by atoms with Gasteiger partial charge in [-0.1, -0.05) is 52.2 Å². The third-order valence-corrected chi connectivity index (χ3v) is 8.75. The molecule has 0 aliphatic heterocycles. The summed E-state index contributed by atoms with van der Waals surface area (Å²) in [6, 6.07) is 19.7. The second-order valence-corrected chi connectivity index (χ2v) is 10.1. The van der Waals surface area contributed by atoms with Crippen LogP contribution in [0.2, 0.25) is 0 Å². The first-order chi connectivity index (χ1) is 14.3. The number of nitriles is 1. The highest BCUT2D eigenvalue weighted by atomic mass is 32.3. The smallest absolute Gasteiger partial charge is 0.249 e. The van der Waals surface area contributed by atoms with Crippen molar-refractivity contribution in [1.82, 2.24) is 3.71 Å². The summed E-state index contributed by atoms with van der Waals surface area (Å²) in [6.07, 6.45) is 0. The molecular formula is C21H17FN2O4S2. The molecule has 0 amide bonds. The van der Waals surface area contributed by atoms with E-state index in [9.17, 15) is 21.2 Å². The molecule has 0 N–H and O–H groups in total. The van der Waals surface area contributed by atoms with Gasteiger partial charge >= 0.3 is 0 Å². The number of halogens is 1. The predicted octanol–water partition coefficient (Wildman–Crippen LogP) is 3.65. The van der Waals surface area contributed by atoms with Crippen LogP contribution in [0.4, 0.5) is 4.39 Å². The Hall–Kier alpha value is -3.06. The minimum Gasteiger partial charge on any atom is -0.249 e. The number of sulfonamides is 2. The van der Waals surface area contributed by atoms with Crippen LogP contribution in [-0.2, 0) is 20.0 Å². The highest BCUT2D eigenvalue weighted by Gasteiger charge is 2.43. The van der Waals surface area contributed by atoms with Crippen molar-refractivity contribution in [2.45, 2.75) is 15.8 Å². The standard InChI is InChI=1S/C21H17FN2O4S2/c22-15-21(18-13-11-17(16-23)12-14-18)24(29(25,26)19-7-3-1-4-8-19)30(27,28)20-9-5-2-6-10-20/h1-14,21H,15H2. The molecule has 0 saturated carbocycles. The zero-order valence-corrected chi connectivity index (χ0v) is 17.2. The minimum atomic E-state index is -4.64. The molecule has 6 nitrogen and oxygen atoms in total. The Kier molecular flexibility index (Phi) is 6.31. The van der Waals surface area contributed by atoms with Gasteiger partial charge in [0.05, 0.1) is 27.5 Å². The molecule has 3 aromatic carbocycles. The summed E-state index contributed by atoms with van der Waals surface area (Å²) >= 11 is 0. The van der Waals surface area contributed by atoms with Gasteiger partial charge in [-0.05, 0) is 42.0 Å². The van der Waals surface area contributed by atoms with E-state index in [-0.39, 0.29) is 24.6 Å². The van der Waals surface area contributed by atoms with Crippen molar-refractivity contribution < 1.29 is 21.2 Å². The summed E-state index contributed by atoms with van der Waals surface area (Å²) in [4.78, 5) is -0.562. The second-order valence-electron chi connectivity index (χ2n) is 6.27. The zero-order valence-electron chi connectivity index (χ0n) is 15.6.